The molecule has 132 valence electrons. The predicted octanol–water partition coefficient (Wildman–Crippen LogP) is 4.26. The van der Waals surface area contributed by atoms with Crippen molar-refractivity contribution in [1.29, 1.82) is 0 Å². The lowest BCUT2D eigenvalue weighted by molar-refractivity contribution is -0.136. The molecule has 0 atom stereocenters. The van der Waals surface area contributed by atoms with E-state index in [1.807, 2.05) is 27.7 Å². The van der Waals surface area contributed by atoms with Crippen molar-refractivity contribution in [3.8, 4) is 0 Å². The molecule has 0 unspecified atom stereocenters. The highest BCUT2D eigenvalue weighted by Gasteiger charge is 2.18. The van der Waals surface area contributed by atoms with Crippen molar-refractivity contribution in [2.75, 3.05) is 6.61 Å². The number of esters is 1. The number of ether oxygens (including phenoxy) is 1. The molecule has 2 rings (SSSR count). The lowest BCUT2D eigenvalue weighted by Gasteiger charge is -2.13. The van der Waals surface area contributed by atoms with Gasteiger partial charge in [0.1, 0.15) is 5.82 Å². The van der Waals surface area contributed by atoms with Crippen molar-refractivity contribution < 1.29 is 18.7 Å². The second-order valence-corrected chi connectivity index (χ2v) is 6.13. The number of ketones is 1. The molecule has 0 saturated carbocycles. The number of rotatable bonds is 6. The fourth-order valence-electron chi connectivity index (χ4n) is 2.88. The van der Waals surface area contributed by atoms with Crippen LogP contribution in [0.3, 0.4) is 0 Å². The molecule has 0 fully saturated rings. The number of aromatic nitrogens is 1. The van der Waals surface area contributed by atoms with Gasteiger partial charge in [-0.15, -0.1) is 0 Å². The molecular formula is C20H22FNO3. The maximum absolute atomic E-state index is 13.5. The van der Waals surface area contributed by atoms with Crippen LogP contribution in [0.25, 0.3) is 6.08 Å². The summed E-state index contributed by atoms with van der Waals surface area (Å²) < 4.78 is 20.5. The second-order valence-electron chi connectivity index (χ2n) is 6.13. The molecule has 5 heteroatoms. The molecule has 2 aromatic rings. The van der Waals surface area contributed by atoms with Crippen molar-refractivity contribution in [3.63, 3.8) is 0 Å². The van der Waals surface area contributed by atoms with Crippen LogP contribution in [-0.2, 0) is 9.53 Å². The highest BCUT2D eigenvalue weighted by molar-refractivity contribution is 6.00. The van der Waals surface area contributed by atoms with Crippen LogP contribution in [0, 0.1) is 19.7 Å². The summed E-state index contributed by atoms with van der Waals surface area (Å²) >= 11 is 0. The Balaban J connectivity index is 1.99. The van der Waals surface area contributed by atoms with E-state index in [1.165, 1.54) is 12.1 Å². The summed E-state index contributed by atoms with van der Waals surface area (Å²) in [4.78, 5) is 24.1. The summed E-state index contributed by atoms with van der Waals surface area (Å²) in [5, 5.41) is 0. The molecule has 1 aromatic heterocycles. The van der Waals surface area contributed by atoms with Crippen LogP contribution in [0.1, 0.15) is 47.2 Å². The minimum Gasteiger partial charge on any atom is -0.454 e. The zero-order valence-electron chi connectivity index (χ0n) is 14.9. The van der Waals surface area contributed by atoms with Gasteiger partial charge in [-0.3, -0.25) is 4.79 Å². The van der Waals surface area contributed by atoms with Gasteiger partial charge in [-0.1, -0.05) is 18.2 Å². The van der Waals surface area contributed by atoms with Crippen LogP contribution >= 0.6 is 0 Å². The lowest BCUT2D eigenvalue weighted by Crippen LogP contribution is -2.14. The van der Waals surface area contributed by atoms with Crippen LogP contribution in [0.2, 0.25) is 0 Å². The third kappa shape index (κ3) is 4.44. The topological polar surface area (TPSA) is 48.3 Å². The van der Waals surface area contributed by atoms with Gasteiger partial charge in [0.2, 0.25) is 5.78 Å². The maximum atomic E-state index is 13.5. The number of nitrogens with zero attached hydrogens (tertiary/aromatic N) is 1. The molecule has 25 heavy (non-hydrogen) atoms. The van der Waals surface area contributed by atoms with Crippen LogP contribution in [0.5, 0.6) is 0 Å². The highest BCUT2D eigenvalue weighted by Crippen LogP contribution is 2.20. The van der Waals surface area contributed by atoms with Crippen LogP contribution in [0.15, 0.2) is 36.4 Å². The molecule has 0 N–H and O–H groups in total. The molecule has 0 aliphatic heterocycles. The smallest absolute Gasteiger partial charge is 0.331 e. The van der Waals surface area contributed by atoms with E-state index in [1.54, 1.807) is 24.3 Å². The average molecular weight is 343 g/mol. The van der Waals surface area contributed by atoms with E-state index >= 15 is 0 Å². The molecule has 0 aliphatic carbocycles. The first kappa shape index (κ1) is 18.6. The minimum atomic E-state index is -0.686. The van der Waals surface area contributed by atoms with E-state index in [9.17, 15) is 14.0 Å². The first-order valence-electron chi connectivity index (χ1n) is 8.12. The summed E-state index contributed by atoms with van der Waals surface area (Å²) in [5.74, 6) is -1.37. The zero-order valence-corrected chi connectivity index (χ0v) is 14.9. The number of hydrogen-bond acceptors (Lipinski definition) is 3. The van der Waals surface area contributed by atoms with Gasteiger partial charge >= 0.3 is 5.97 Å². The van der Waals surface area contributed by atoms with Crippen molar-refractivity contribution in [1.82, 2.24) is 4.57 Å². The molecule has 0 aliphatic rings. The largest absolute Gasteiger partial charge is 0.454 e. The normalized spacial score (nSPS) is 11.3. The summed E-state index contributed by atoms with van der Waals surface area (Å²) in [5.41, 5.74) is 2.68. The van der Waals surface area contributed by atoms with E-state index < -0.39 is 11.8 Å². The zero-order chi connectivity index (χ0) is 18.6. The Hall–Kier alpha value is -2.69. The molecule has 0 saturated heterocycles. The molecule has 0 radical (unpaired) electrons. The Bertz CT molecular complexity index is 818. The van der Waals surface area contributed by atoms with Crippen LogP contribution in [-0.4, -0.2) is 22.9 Å². The number of aryl methyl sites for hydroxylation is 1. The van der Waals surface area contributed by atoms with E-state index in [2.05, 4.69) is 4.57 Å². The number of carbonyl (C=O) groups excluding carboxylic acids is 2. The SMILES string of the molecule is Cc1cc(C(=O)COC(=O)/C=C/c2ccccc2F)c(C)n1C(C)C. The van der Waals surface area contributed by atoms with Gasteiger partial charge in [0.05, 0.1) is 0 Å². The molecule has 0 amide bonds. The number of carbonyl (C=O) groups is 2. The molecule has 4 nitrogen and oxygen atoms in total. The third-order valence-electron chi connectivity index (χ3n) is 3.95. The number of Topliss-reactive ketones (excluding diaryl/α,β-unsaturated/α-hetero) is 1. The number of halogens is 1. The van der Waals surface area contributed by atoms with E-state index in [4.69, 9.17) is 4.74 Å². The standard InChI is InChI=1S/C20H22FNO3/c1-13(2)22-14(3)11-17(15(22)4)19(23)12-25-20(24)10-9-16-7-5-6-8-18(16)21/h5-11,13H,12H2,1-4H3/b10-9+. The lowest BCUT2D eigenvalue weighted by atomic mass is 10.1. The Labute approximate surface area is 146 Å². The fraction of sp³-hybridized carbons (Fsp3) is 0.300. The summed E-state index contributed by atoms with van der Waals surface area (Å²) in [6, 6.07) is 8.14. The maximum Gasteiger partial charge on any atom is 0.331 e. The monoisotopic (exact) mass is 343 g/mol. The minimum absolute atomic E-state index is 0.243. The second kappa shape index (κ2) is 7.92. The van der Waals surface area contributed by atoms with Crippen molar-refractivity contribution >= 4 is 17.8 Å². The van der Waals surface area contributed by atoms with Gasteiger partial charge in [0.25, 0.3) is 0 Å². The summed E-state index contributed by atoms with van der Waals surface area (Å²) in [7, 11) is 0. The molecule has 0 spiro atoms. The van der Waals surface area contributed by atoms with Gasteiger partial charge in [0, 0.05) is 34.6 Å². The molecule has 1 heterocycles. The predicted molar refractivity (Wildman–Crippen MR) is 95.0 cm³/mol. The van der Waals surface area contributed by atoms with Gasteiger partial charge in [-0.25, -0.2) is 9.18 Å². The van der Waals surface area contributed by atoms with E-state index in [0.29, 0.717) is 5.56 Å². The molecular weight excluding hydrogens is 321 g/mol. The quantitative estimate of drug-likeness (QED) is 0.447. The Morgan fingerprint density at radius 3 is 2.52 bits per heavy atom. The summed E-state index contributed by atoms with van der Waals surface area (Å²) in [6.45, 7) is 7.56. The number of benzene rings is 1. The first-order chi connectivity index (χ1) is 11.8. The third-order valence-corrected chi connectivity index (χ3v) is 3.95. The van der Waals surface area contributed by atoms with Crippen molar-refractivity contribution in [2.45, 2.75) is 33.7 Å². The van der Waals surface area contributed by atoms with Crippen LogP contribution < -0.4 is 0 Å². The molecule has 0 bridgehead atoms. The first-order valence-corrected chi connectivity index (χ1v) is 8.12. The van der Waals surface area contributed by atoms with Gasteiger partial charge in [-0.05, 0) is 45.9 Å². The van der Waals surface area contributed by atoms with Crippen LogP contribution in [0.4, 0.5) is 4.39 Å². The number of hydrogen-bond donors (Lipinski definition) is 0. The highest BCUT2D eigenvalue weighted by atomic mass is 19.1. The van der Waals surface area contributed by atoms with E-state index in [-0.39, 0.29) is 24.0 Å². The van der Waals surface area contributed by atoms with E-state index in [0.717, 1.165) is 17.5 Å². The molecule has 1 aromatic carbocycles. The Morgan fingerprint density at radius 2 is 1.92 bits per heavy atom. The Morgan fingerprint density at radius 1 is 1.24 bits per heavy atom. The van der Waals surface area contributed by atoms with Gasteiger partial charge in [-0.2, -0.15) is 0 Å². The van der Waals surface area contributed by atoms with Crippen molar-refractivity contribution in [2.24, 2.45) is 0 Å². The average Bonchev–Trinajstić information content (AvgIpc) is 2.86. The van der Waals surface area contributed by atoms with Gasteiger partial charge < -0.3 is 9.30 Å². The summed E-state index contributed by atoms with van der Waals surface area (Å²) in [6.07, 6.45) is 2.44. The van der Waals surface area contributed by atoms with Gasteiger partial charge in [0.15, 0.2) is 6.61 Å². The van der Waals surface area contributed by atoms with Crippen molar-refractivity contribution in [3.05, 3.63) is 64.7 Å². The fourth-order valence-corrected chi connectivity index (χ4v) is 2.88. The Kier molecular flexibility index (Phi) is 5.91.